The molecule has 1 aromatic carbocycles. The first kappa shape index (κ1) is 18.4. The Bertz CT molecular complexity index is 1050. The van der Waals surface area contributed by atoms with Crippen LogP contribution in [0.5, 0.6) is 0 Å². The van der Waals surface area contributed by atoms with Gasteiger partial charge < -0.3 is 20.0 Å². The standard InChI is InChI=1S/C20H21FN4O3/c21-14-2-1-3-15-18(14)13(11-23-15)4-7-22-20(27)16-10-17(26)25-19(24-16)12-5-8-28-9-6-12/h1-3,10-12,23H,4-9H2,(H,22,27)(H,24,25,26). The number of rotatable bonds is 5. The van der Waals surface area contributed by atoms with Gasteiger partial charge in [-0.25, -0.2) is 9.37 Å². The van der Waals surface area contributed by atoms with Gasteiger partial charge in [0.15, 0.2) is 0 Å². The van der Waals surface area contributed by atoms with Gasteiger partial charge in [0.25, 0.3) is 11.5 Å². The Kier molecular flexibility index (Phi) is 5.21. The minimum Gasteiger partial charge on any atom is -0.381 e. The molecule has 1 fully saturated rings. The third-order valence-corrected chi connectivity index (χ3v) is 5.02. The number of nitrogens with zero attached hydrogens (tertiary/aromatic N) is 1. The van der Waals surface area contributed by atoms with Crippen molar-refractivity contribution in [1.29, 1.82) is 0 Å². The predicted molar refractivity (Wildman–Crippen MR) is 102 cm³/mol. The monoisotopic (exact) mass is 384 g/mol. The van der Waals surface area contributed by atoms with E-state index in [9.17, 15) is 14.0 Å². The van der Waals surface area contributed by atoms with E-state index in [2.05, 4.69) is 20.3 Å². The summed E-state index contributed by atoms with van der Waals surface area (Å²) >= 11 is 0. The van der Waals surface area contributed by atoms with Crippen LogP contribution in [-0.4, -0.2) is 40.6 Å². The third-order valence-electron chi connectivity index (χ3n) is 5.02. The van der Waals surface area contributed by atoms with Crippen LogP contribution < -0.4 is 10.9 Å². The number of hydrogen-bond acceptors (Lipinski definition) is 4. The predicted octanol–water partition coefficient (Wildman–Crippen LogP) is 2.26. The number of hydrogen-bond donors (Lipinski definition) is 3. The van der Waals surface area contributed by atoms with Crippen LogP contribution in [0.3, 0.4) is 0 Å². The quantitative estimate of drug-likeness (QED) is 0.628. The van der Waals surface area contributed by atoms with E-state index < -0.39 is 5.91 Å². The molecular weight excluding hydrogens is 363 g/mol. The maximum Gasteiger partial charge on any atom is 0.270 e. The Hall–Kier alpha value is -3.00. The second-order valence-corrected chi connectivity index (χ2v) is 6.88. The molecule has 0 atom stereocenters. The molecule has 1 aliphatic heterocycles. The van der Waals surface area contributed by atoms with E-state index in [1.54, 1.807) is 18.3 Å². The van der Waals surface area contributed by atoms with Crippen molar-refractivity contribution in [3.05, 3.63) is 63.7 Å². The second-order valence-electron chi connectivity index (χ2n) is 6.88. The van der Waals surface area contributed by atoms with Crippen molar-refractivity contribution in [2.75, 3.05) is 19.8 Å². The van der Waals surface area contributed by atoms with Crippen molar-refractivity contribution in [2.24, 2.45) is 0 Å². The smallest absolute Gasteiger partial charge is 0.270 e. The van der Waals surface area contributed by atoms with Gasteiger partial charge in [0.2, 0.25) is 0 Å². The first-order valence-corrected chi connectivity index (χ1v) is 9.33. The van der Waals surface area contributed by atoms with Crippen LogP contribution in [0.25, 0.3) is 10.9 Å². The summed E-state index contributed by atoms with van der Waals surface area (Å²) in [4.78, 5) is 34.5. The van der Waals surface area contributed by atoms with E-state index in [4.69, 9.17) is 4.74 Å². The molecule has 3 N–H and O–H groups in total. The van der Waals surface area contributed by atoms with Gasteiger partial charge in [-0.05, 0) is 37.0 Å². The maximum atomic E-state index is 14.0. The van der Waals surface area contributed by atoms with Crippen LogP contribution in [0.15, 0.2) is 35.3 Å². The molecule has 1 saturated heterocycles. The summed E-state index contributed by atoms with van der Waals surface area (Å²) in [5.74, 6) is -0.0970. The van der Waals surface area contributed by atoms with E-state index >= 15 is 0 Å². The molecule has 0 bridgehead atoms. The van der Waals surface area contributed by atoms with Gasteiger partial charge in [0.1, 0.15) is 17.3 Å². The average Bonchev–Trinajstić information content (AvgIpc) is 3.12. The zero-order valence-electron chi connectivity index (χ0n) is 15.3. The summed E-state index contributed by atoms with van der Waals surface area (Å²) in [6.45, 7) is 1.54. The molecule has 1 amide bonds. The Balaban J connectivity index is 1.43. The molecule has 4 rings (SSSR count). The summed E-state index contributed by atoms with van der Waals surface area (Å²) in [5, 5.41) is 3.30. The molecule has 0 radical (unpaired) electrons. The summed E-state index contributed by atoms with van der Waals surface area (Å²) in [6, 6.07) is 6.06. The highest BCUT2D eigenvalue weighted by atomic mass is 19.1. The topological polar surface area (TPSA) is 99.9 Å². The third kappa shape index (κ3) is 3.82. The lowest BCUT2D eigenvalue weighted by Crippen LogP contribution is -2.29. The Morgan fingerprint density at radius 3 is 2.96 bits per heavy atom. The van der Waals surface area contributed by atoms with Crippen LogP contribution in [0, 0.1) is 5.82 Å². The highest BCUT2D eigenvalue weighted by Crippen LogP contribution is 2.23. The molecule has 0 unspecified atom stereocenters. The minimum atomic E-state index is -0.417. The largest absolute Gasteiger partial charge is 0.381 e. The molecule has 7 nitrogen and oxygen atoms in total. The van der Waals surface area contributed by atoms with Crippen LogP contribution in [0.2, 0.25) is 0 Å². The number of carbonyl (C=O) groups is 1. The Morgan fingerprint density at radius 1 is 1.32 bits per heavy atom. The van der Waals surface area contributed by atoms with Crippen molar-refractivity contribution >= 4 is 16.8 Å². The van der Waals surface area contributed by atoms with Gasteiger partial charge in [-0.15, -0.1) is 0 Å². The summed E-state index contributed by atoms with van der Waals surface area (Å²) in [7, 11) is 0. The summed E-state index contributed by atoms with van der Waals surface area (Å²) in [6.07, 6.45) is 3.73. The van der Waals surface area contributed by atoms with Crippen LogP contribution in [0.4, 0.5) is 4.39 Å². The molecule has 1 aliphatic rings. The Morgan fingerprint density at radius 2 is 2.14 bits per heavy atom. The van der Waals surface area contributed by atoms with Gasteiger partial charge in [-0.1, -0.05) is 6.07 Å². The van der Waals surface area contributed by atoms with Crippen molar-refractivity contribution in [3.63, 3.8) is 0 Å². The summed E-state index contributed by atoms with van der Waals surface area (Å²) < 4.78 is 19.4. The van der Waals surface area contributed by atoms with Crippen molar-refractivity contribution in [3.8, 4) is 0 Å². The van der Waals surface area contributed by atoms with Gasteiger partial charge in [0.05, 0.1) is 0 Å². The highest BCUT2D eigenvalue weighted by molar-refractivity contribution is 5.92. The van der Waals surface area contributed by atoms with E-state index in [-0.39, 0.29) is 23.0 Å². The first-order valence-electron chi connectivity index (χ1n) is 9.33. The zero-order chi connectivity index (χ0) is 19.5. The lowest BCUT2D eigenvalue weighted by atomic mass is 9.99. The van der Waals surface area contributed by atoms with Crippen LogP contribution >= 0.6 is 0 Å². The van der Waals surface area contributed by atoms with Crippen molar-refractivity contribution in [1.82, 2.24) is 20.3 Å². The molecule has 8 heteroatoms. The van der Waals surface area contributed by atoms with Crippen LogP contribution in [0.1, 0.15) is 40.6 Å². The van der Waals surface area contributed by atoms with E-state index in [1.807, 2.05) is 0 Å². The number of halogens is 1. The normalized spacial score (nSPS) is 15.0. The fourth-order valence-corrected chi connectivity index (χ4v) is 3.56. The van der Waals surface area contributed by atoms with E-state index in [0.717, 1.165) is 23.9 Å². The number of H-pyrrole nitrogens is 2. The molecule has 0 aliphatic carbocycles. The van der Waals surface area contributed by atoms with Gasteiger partial charge in [-0.2, -0.15) is 0 Å². The zero-order valence-corrected chi connectivity index (χ0v) is 15.3. The van der Waals surface area contributed by atoms with Gasteiger partial charge in [0, 0.05) is 48.8 Å². The number of aromatic nitrogens is 3. The number of benzene rings is 1. The molecule has 28 heavy (non-hydrogen) atoms. The SMILES string of the molecule is O=C(NCCc1c[nH]c2cccc(F)c12)c1cc(=O)[nH]c(C2CCOCC2)n1. The average molecular weight is 384 g/mol. The molecule has 146 valence electrons. The fourth-order valence-electron chi connectivity index (χ4n) is 3.56. The Labute approximate surface area is 160 Å². The second kappa shape index (κ2) is 7.93. The van der Waals surface area contributed by atoms with Gasteiger partial charge >= 0.3 is 0 Å². The number of nitrogens with one attached hydrogen (secondary N) is 3. The minimum absolute atomic E-state index is 0.0865. The molecule has 0 spiro atoms. The lowest BCUT2D eigenvalue weighted by Gasteiger charge is -2.21. The first-order chi connectivity index (χ1) is 13.6. The molecule has 3 aromatic rings. The molecule has 3 heterocycles. The maximum absolute atomic E-state index is 14.0. The lowest BCUT2D eigenvalue weighted by molar-refractivity contribution is 0.0833. The number of aromatic amines is 2. The molecular formula is C20H21FN4O3. The van der Waals surface area contributed by atoms with E-state index in [1.165, 1.54) is 12.1 Å². The van der Waals surface area contributed by atoms with Crippen LogP contribution in [-0.2, 0) is 11.2 Å². The number of carbonyl (C=O) groups excluding carboxylic acids is 1. The van der Waals surface area contributed by atoms with Crippen molar-refractivity contribution < 1.29 is 13.9 Å². The fraction of sp³-hybridized carbons (Fsp3) is 0.350. The summed E-state index contributed by atoms with van der Waals surface area (Å²) in [5.41, 5.74) is 1.25. The molecule has 2 aromatic heterocycles. The number of ether oxygens (including phenoxy) is 1. The molecule has 0 saturated carbocycles. The number of amides is 1. The highest BCUT2D eigenvalue weighted by Gasteiger charge is 2.20. The van der Waals surface area contributed by atoms with Gasteiger partial charge in [-0.3, -0.25) is 9.59 Å². The van der Waals surface area contributed by atoms with E-state index in [0.29, 0.717) is 37.4 Å². The van der Waals surface area contributed by atoms with Crippen molar-refractivity contribution in [2.45, 2.75) is 25.2 Å². The number of fused-ring (bicyclic) bond motifs is 1.